The summed E-state index contributed by atoms with van der Waals surface area (Å²) in [6.45, 7) is 2.64. The number of nitrogens with zero attached hydrogens (tertiary/aromatic N) is 4. The molecule has 84 valence electrons. The zero-order valence-corrected chi connectivity index (χ0v) is 9.94. The molecule has 0 saturated carbocycles. The molecule has 16 heavy (non-hydrogen) atoms. The first-order valence-electron chi connectivity index (χ1n) is 4.93. The Hall–Kier alpha value is -1.69. The predicted molar refractivity (Wildman–Crippen MR) is 63.4 cm³/mol. The molecule has 0 fully saturated rings. The van der Waals surface area contributed by atoms with Gasteiger partial charge in [-0.05, 0) is 36.4 Å². The summed E-state index contributed by atoms with van der Waals surface area (Å²) in [4.78, 5) is 1.93. The van der Waals surface area contributed by atoms with E-state index in [1.807, 2.05) is 43.1 Å². The summed E-state index contributed by atoms with van der Waals surface area (Å²) in [7, 11) is 1.93. The van der Waals surface area contributed by atoms with Gasteiger partial charge in [-0.2, -0.15) is 0 Å². The standard InChI is InChI=1S/C10H12N4OS/c1-3-15-9-6-4-8(5-7-9)14(2)10-11-12-13-16-10/h4-7H,3H2,1-2H3. The molecule has 0 saturated heterocycles. The second-order valence-corrected chi connectivity index (χ2v) is 3.84. The van der Waals surface area contributed by atoms with Crippen molar-refractivity contribution in [2.45, 2.75) is 6.92 Å². The molecule has 6 heteroatoms. The fraction of sp³-hybridized carbons (Fsp3) is 0.300. The third kappa shape index (κ3) is 2.27. The Morgan fingerprint density at radius 1 is 1.31 bits per heavy atom. The minimum atomic E-state index is 0.676. The summed E-state index contributed by atoms with van der Waals surface area (Å²) < 4.78 is 9.11. The fourth-order valence-electron chi connectivity index (χ4n) is 1.30. The van der Waals surface area contributed by atoms with Crippen molar-refractivity contribution in [3.63, 3.8) is 0 Å². The first-order valence-corrected chi connectivity index (χ1v) is 5.70. The molecule has 0 amide bonds. The molecule has 0 atom stereocenters. The molecule has 1 aromatic heterocycles. The Labute approximate surface area is 97.8 Å². The van der Waals surface area contributed by atoms with Gasteiger partial charge in [0.1, 0.15) is 5.75 Å². The van der Waals surface area contributed by atoms with Crippen molar-refractivity contribution in [3.8, 4) is 5.75 Å². The molecular weight excluding hydrogens is 224 g/mol. The first kappa shape index (κ1) is 10.8. The van der Waals surface area contributed by atoms with Crippen LogP contribution < -0.4 is 9.64 Å². The van der Waals surface area contributed by atoms with Crippen molar-refractivity contribution >= 4 is 22.4 Å². The molecule has 1 heterocycles. The van der Waals surface area contributed by atoms with Crippen LogP contribution in [0.15, 0.2) is 24.3 Å². The van der Waals surface area contributed by atoms with E-state index in [2.05, 4.69) is 14.8 Å². The SMILES string of the molecule is CCOc1ccc(N(C)c2nnns2)cc1. The summed E-state index contributed by atoms with van der Waals surface area (Å²) in [6.07, 6.45) is 0. The molecule has 0 spiro atoms. The molecule has 2 rings (SSSR count). The summed E-state index contributed by atoms with van der Waals surface area (Å²) >= 11 is 1.26. The highest BCUT2D eigenvalue weighted by Crippen LogP contribution is 2.25. The molecular formula is C10H12N4OS. The van der Waals surface area contributed by atoms with Gasteiger partial charge < -0.3 is 9.64 Å². The Morgan fingerprint density at radius 3 is 2.62 bits per heavy atom. The average molecular weight is 236 g/mol. The highest BCUT2D eigenvalue weighted by molar-refractivity contribution is 7.09. The fourth-order valence-corrected chi connectivity index (χ4v) is 1.75. The normalized spacial score (nSPS) is 10.1. The third-order valence-corrected chi connectivity index (χ3v) is 2.78. The van der Waals surface area contributed by atoms with Crippen LogP contribution in [0, 0.1) is 0 Å². The Bertz CT molecular complexity index is 429. The van der Waals surface area contributed by atoms with Crippen LogP contribution in [0.4, 0.5) is 10.8 Å². The zero-order valence-electron chi connectivity index (χ0n) is 9.12. The molecule has 2 aromatic rings. The van der Waals surface area contributed by atoms with Crippen LogP contribution in [0.2, 0.25) is 0 Å². The number of rotatable bonds is 4. The highest BCUT2D eigenvalue weighted by Gasteiger charge is 2.07. The van der Waals surface area contributed by atoms with Crippen LogP contribution >= 0.6 is 11.5 Å². The van der Waals surface area contributed by atoms with Crippen molar-refractivity contribution in [2.24, 2.45) is 0 Å². The molecule has 5 nitrogen and oxygen atoms in total. The molecule has 0 aliphatic heterocycles. The topological polar surface area (TPSA) is 51.1 Å². The summed E-state index contributed by atoms with van der Waals surface area (Å²) in [6, 6.07) is 7.83. The van der Waals surface area contributed by atoms with Gasteiger partial charge in [-0.1, -0.05) is 9.59 Å². The smallest absolute Gasteiger partial charge is 0.232 e. The van der Waals surface area contributed by atoms with Crippen molar-refractivity contribution in [3.05, 3.63) is 24.3 Å². The lowest BCUT2D eigenvalue weighted by molar-refractivity contribution is 0.340. The summed E-state index contributed by atoms with van der Waals surface area (Å²) in [5, 5.41) is 8.24. The van der Waals surface area contributed by atoms with Gasteiger partial charge in [-0.25, -0.2) is 0 Å². The van der Waals surface area contributed by atoms with Gasteiger partial charge in [-0.3, -0.25) is 0 Å². The number of ether oxygens (including phenoxy) is 1. The molecule has 0 unspecified atom stereocenters. The molecule has 0 aliphatic carbocycles. The van der Waals surface area contributed by atoms with Crippen LogP contribution in [0.25, 0.3) is 0 Å². The quantitative estimate of drug-likeness (QED) is 0.813. The highest BCUT2D eigenvalue weighted by atomic mass is 32.1. The van der Waals surface area contributed by atoms with Gasteiger partial charge in [0.25, 0.3) is 0 Å². The van der Waals surface area contributed by atoms with E-state index >= 15 is 0 Å². The Balaban J connectivity index is 2.15. The van der Waals surface area contributed by atoms with Gasteiger partial charge in [0, 0.05) is 24.3 Å². The lowest BCUT2D eigenvalue weighted by Gasteiger charge is -2.14. The maximum atomic E-state index is 5.38. The number of anilines is 2. The van der Waals surface area contributed by atoms with E-state index in [4.69, 9.17) is 4.74 Å². The van der Waals surface area contributed by atoms with E-state index in [9.17, 15) is 0 Å². The third-order valence-electron chi connectivity index (χ3n) is 2.11. The second-order valence-electron chi connectivity index (χ2n) is 3.13. The molecule has 1 aromatic carbocycles. The van der Waals surface area contributed by atoms with E-state index < -0.39 is 0 Å². The van der Waals surface area contributed by atoms with Gasteiger partial charge in [0.05, 0.1) is 6.61 Å². The van der Waals surface area contributed by atoms with Crippen LogP contribution in [0.5, 0.6) is 5.75 Å². The van der Waals surface area contributed by atoms with Gasteiger partial charge in [0.15, 0.2) is 0 Å². The molecule has 0 aliphatic rings. The molecule has 0 radical (unpaired) electrons. The van der Waals surface area contributed by atoms with E-state index in [-0.39, 0.29) is 0 Å². The van der Waals surface area contributed by atoms with Crippen molar-refractivity contribution in [2.75, 3.05) is 18.6 Å². The second kappa shape index (κ2) is 4.89. The Kier molecular flexibility index (Phi) is 3.31. The number of aromatic nitrogens is 3. The van der Waals surface area contributed by atoms with Crippen molar-refractivity contribution in [1.82, 2.24) is 14.8 Å². The predicted octanol–water partition coefficient (Wildman–Crippen LogP) is 2.10. The monoisotopic (exact) mass is 236 g/mol. The summed E-state index contributed by atoms with van der Waals surface area (Å²) in [5.41, 5.74) is 1.03. The first-order chi connectivity index (χ1) is 7.81. The van der Waals surface area contributed by atoms with Gasteiger partial charge in [0.2, 0.25) is 5.13 Å². The van der Waals surface area contributed by atoms with Gasteiger partial charge >= 0.3 is 0 Å². The van der Waals surface area contributed by atoms with Crippen LogP contribution in [0.1, 0.15) is 6.92 Å². The lowest BCUT2D eigenvalue weighted by Crippen LogP contribution is -2.08. The van der Waals surface area contributed by atoms with Gasteiger partial charge in [-0.15, -0.1) is 0 Å². The number of hydrogen-bond donors (Lipinski definition) is 0. The number of benzene rings is 1. The molecule has 0 N–H and O–H groups in total. The Morgan fingerprint density at radius 2 is 2.06 bits per heavy atom. The molecule has 0 bridgehead atoms. The van der Waals surface area contributed by atoms with E-state index in [1.54, 1.807) is 0 Å². The summed E-state index contributed by atoms with van der Waals surface area (Å²) in [5.74, 6) is 0.870. The van der Waals surface area contributed by atoms with Crippen LogP contribution in [-0.4, -0.2) is 28.5 Å². The zero-order chi connectivity index (χ0) is 11.4. The maximum Gasteiger partial charge on any atom is 0.232 e. The van der Waals surface area contributed by atoms with Crippen molar-refractivity contribution < 1.29 is 4.74 Å². The van der Waals surface area contributed by atoms with E-state index in [1.165, 1.54) is 11.5 Å². The average Bonchev–Trinajstić information content (AvgIpc) is 2.83. The van der Waals surface area contributed by atoms with Crippen LogP contribution in [-0.2, 0) is 0 Å². The van der Waals surface area contributed by atoms with E-state index in [0.29, 0.717) is 6.61 Å². The van der Waals surface area contributed by atoms with E-state index in [0.717, 1.165) is 16.6 Å². The minimum Gasteiger partial charge on any atom is -0.494 e. The van der Waals surface area contributed by atoms with Crippen molar-refractivity contribution in [1.29, 1.82) is 0 Å². The lowest BCUT2D eigenvalue weighted by atomic mass is 10.3. The number of hydrogen-bond acceptors (Lipinski definition) is 6. The largest absolute Gasteiger partial charge is 0.494 e. The van der Waals surface area contributed by atoms with Crippen LogP contribution in [0.3, 0.4) is 0 Å². The maximum absolute atomic E-state index is 5.38. The minimum absolute atomic E-state index is 0.676.